The molecule has 1 fully saturated rings. The molecule has 0 aliphatic carbocycles. The summed E-state index contributed by atoms with van der Waals surface area (Å²) < 4.78 is 15.6. The molecule has 6 nitrogen and oxygen atoms in total. The van der Waals surface area contributed by atoms with E-state index in [0.29, 0.717) is 35.8 Å². The molecular weight excluding hydrogens is 260 g/mol. The Kier molecular flexibility index (Phi) is 4.34. The molecule has 0 aromatic heterocycles. The van der Waals surface area contributed by atoms with E-state index in [-0.39, 0.29) is 12.0 Å². The number of anilines is 1. The average Bonchev–Trinajstić information content (AvgIpc) is 2.95. The van der Waals surface area contributed by atoms with Gasteiger partial charge in [-0.1, -0.05) is 0 Å². The Morgan fingerprint density at radius 3 is 2.45 bits per heavy atom. The van der Waals surface area contributed by atoms with Crippen molar-refractivity contribution in [2.45, 2.75) is 12.5 Å². The van der Waals surface area contributed by atoms with Crippen LogP contribution in [0.15, 0.2) is 12.1 Å². The van der Waals surface area contributed by atoms with Gasteiger partial charge in [-0.2, -0.15) is 0 Å². The Morgan fingerprint density at radius 2 is 1.90 bits per heavy atom. The van der Waals surface area contributed by atoms with Crippen molar-refractivity contribution in [3.8, 4) is 11.5 Å². The van der Waals surface area contributed by atoms with E-state index >= 15 is 0 Å². The van der Waals surface area contributed by atoms with Crippen LogP contribution in [0.1, 0.15) is 16.8 Å². The van der Waals surface area contributed by atoms with E-state index in [0.717, 1.165) is 6.42 Å². The molecule has 2 N–H and O–H groups in total. The Hall–Kier alpha value is -1.95. The van der Waals surface area contributed by atoms with E-state index in [1.54, 1.807) is 24.1 Å². The molecule has 1 atom stereocenters. The van der Waals surface area contributed by atoms with Gasteiger partial charge in [0.1, 0.15) is 0 Å². The number of rotatable bonds is 4. The molecule has 0 radical (unpaired) electrons. The molecule has 2 rings (SSSR count). The molecule has 0 saturated carbocycles. The molecule has 20 heavy (non-hydrogen) atoms. The predicted molar refractivity (Wildman–Crippen MR) is 75.3 cm³/mol. The minimum Gasteiger partial charge on any atom is -0.493 e. The van der Waals surface area contributed by atoms with Crippen molar-refractivity contribution in [2.24, 2.45) is 0 Å². The average molecular weight is 280 g/mol. The number of nitrogens with two attached hydrogens (primary N) is 1. The molecule has 1 aliphatic rings. The number of nitrogens with zero attached hydrogens (tertiary/aromatic N) is 1. The third-order valence-corrected chi connectivity index (χ3v) is 3.55. The van der Waals surface area contributed by atoms with Gasteiger partial charge in [-0.3, -0.25) is 4.79 Å². The van der Waals surface area contributed by atoms with Gasteiger partial charge >= 0.3 is 0 Å². The zero-order valence-corrected chi connectivity index (χ0v) is 12.0. The maximum Gasteiger partial charge on any atom is 0.256 e. The van der Waals surface area contributed by atoms with Crippen molar-refractivity contribution in [1.29, 1.82) is 0 Å². The second-order valence-electron chi connectivity index (χ2n) is 4.69. The minimum absolute atomic E-state index is 0.0975. The zero-order valence-electron chi connectivity index (χ0n) is 12.0. The lowest BCUT2D eigenvalue weighted by molar-refractivity contribution is 0.0724. The second-order valence-corrected chi connectivity index (χ2v) is 4.69. The van der Waals surface area contributed by atoms with E-state index in [1.807, 2.05) is 0 Å². The van der Waals surface area contributed by atoms with Crippen LogP contribution in [0.4, 0.5) is 5.69 Å². The van der Waals surface area contributed by atoms with E-state index in [1.165, 1.54) is 14.2 Å². The summed E-state index contributed by atoms with van der Waals surface area (Å²) in [5.74, 6) is 0.897. The largest absolute Gasteiger partial charge is 0.493 e. The lowest BCUT2D eigenvalue weighted by Gasteiger charge is -2.18. The van der Waals surface area contributed by atoms with Crippen molar-refractivity contribution in [3.05, 3.63) is 17.7 Å². The molecule has 1 unspecified atom stereocenters. The molecule has 6 heteroatoms. The normalized spacial score (nSPS) is 18.1. The maximum absolute atomic E-state index is 12.5. The fraction of sp³-hybridized carbons (Fsp3) is 0.500. The van der Waals surface area contributed by atoms with Crippen LogP contribution in [0, 0.1) is 0 Å². The highest BCUT2D eigenvalue weighted by Crippen LogP contribution is 2.33. The third-order valence-electron chi connectivity index (χ3n) is 3.55. The molecule has 0 spiro atoms. The van der Waals surface area contributed by atoms with Gasteiger partial charge in [0.25, 0.3) is 5.91 Å². The number of benzene rings is 1. The monoisotopic (exact) mass is 280 g/mol. The highest BCUT2D eigenvalue weighted by atomic mass is 16.5. The van der Waals surface area contributed by atoms with E-state index in [9.17, 15) is 4.79 Å². The van der Waals surface area contributed by atoms with Gasteiger partial charge in [-0.15, -0.1) is 0 Å². The summed E-state index contributed by atoms with van der Waals surface area (Å²) in [6, 6.07) is 3.23. The van der Waals surface area contributed by atoms with Gasteiger partial charge in [0.2, 0.25) is 0 Å². The standard InChI is InChI=1S/C14H20N2O4/c1-18-9-4-5-16(8-9)14(17)10-6-12(19-2)13(20-3)7-11(10)15/h6-7,9H,4-5,8,15H2,1-3H3. The first kappa shape index (κ1) is 14.5. The summed E-state index contributed by atoms with van der Waals surface area (Å²) in [4.78, 5) is 14.2. The molecular formula is C14H20N2O4. The van der Waals surface area contributed by atoms with Crippen molar-refractivity contribution >= 4 is 11.6 Å². The van der Waals surface area contributed by atoms with Crippen LogP contribution in [-0.4, -0.2) is 51.3 Å². The Bertz CT molecular complexity index is 504. The Labute approximate surface area is 118 Å². The molecule has 1 amide bonds. The van der Waals surface area contributed by atoms with E-state index < -0.39 is 0 Å². The number of methoxy groups -OCH3 is 3. The zero-order chi connectivity index (χ0) is 14.7. The van der Waals surface area contributed by atoms with Gasteiger partial charge in [0, 0.05) is 32.0 Å². The van der Waals surface area contributed by atoms with E-state index in [4.69, 9.17) is 19.9 Å². The first-order chi connectivity index (χ1) is 9.60. The number of hydrogen-bond donors (Lipinski definition) is 1. The smallest absolute Gasteiger partial charge is 0.256 e. The van der Waals surface area contributed by atoms with Crippen LogP contribution in [0.25, 0.3) is 0 Å². The molecule has 0 bridgehead atoms. The minimum atomic E-state index is -0.108. The highest BCUT2D eigenvalue weighted by Gasteiger charge is 2.28. The van der Waals surface area contributed by atoms with Gasteiger partial charge in [-0.05, 0) is 12.5 Å². The van der Waals surface area contributed by atoms with Gasteiger partial charge in [-0.25, -0.2) is 0 Å². The number of carbonyl (C=O) groups is 1. The summed E-state index contributed by atoms with van der Waals surface area (Å²) in [6.45, 7) is 1.26. The molecule has 1 aliphatic heterocycles. The van der Waals surface area contributed by atoms with Crippen LogP contribution in [-0.2, 0) is 4.74 Å². The molecule has 1 saturated heterocycles. The molecule has 110 valence electrons. The Morgan fingerprint density at radius 1 is 1.25 bits per heavy atom. The fourth-order valence-corrected chi connectivity index (χ4v) is 2.36. The number of carbonyl (C=O) groups excluding carboxylic acids is 1. The van der Waals surface area contributed by atoms with Crippen molar-refractivity contribution < 1.29 is 19.0 Å². The molecule has 1 aromatic rings. The number of likely N-dealkylation sites (tertiary alicyclic amines) is 1. The van der Waals surface area contributed by atoms with Crippen LogP contribution >= 0.6 is 0 Å². The number of hydrogen-bond acceptors (Lipinski definition) is 5. The summed E-state index contributed by atoms with van der Waals surface area (Å²) >= 11 is 0. The summed E-state index contributed by atoms with van der Waals surface area (Å²) in [5.41, 5.74) is 6.75. The third kappa shape index (κ3) is 2.65. The maximum atomic E-state index is 12.5. The van der Waals surface area contributed by atoms with Crippen molar-refractivity contribution in [1.82, 2.24) is 4.90 Å². The highest BCUT2D eigenvalue weighted by molar-refractivity contribution is 6.00. The fourth-order valence-electron chi connectivity index (χ4n) is 2.36. The lowest BCUT2D eigenvalue weighted by Crippen LogP contribution is -2.30. The van der Waals surface area contributed by atoms with Gasteiger partial charge < -0.3 is 24.8 Å². The Balaban J connectivity index is 2.26. The quantitative estimate of drug-likeness (QED) is 0.837. The van der Waals surface area contributed by atoms with Crippen molar-refractivity contribution in [3.63, 3.8) is 0 Å². The number of amides is 1. The summed E-state index contributed by atoms with van der Waals surface area (Å²) in [7, 11) is 4.71. The van der Waals surface area contributed by atoms with Crippen LogP contribution in [0.2, 0.25) is 0 Å². The van der Waals surface area contributed by atoms with Crippen LogP contribution in [0.5, 0.6) is 11.5 Å². The van der Waals surface area contributed by atoms with Gasteiger partial charge in [0.15, 0.2) is 11.5 Å². The first-order valence-corrected chi connectivity index (χ1v) is 6.44. The number of ether oxygens (including phenoxy) is 3. The van der Waals surface area contributed by atoms with Crippen molar-refractivity contribution in [2.75, 3.05) is 40.2 Å². The van der Waals surface area contributed by atoms with Crippen LogP contribution in [0.3, 0.4) is 0 Å². The SMILES string of the molecule is COc1cc(N)c(C(=O)N2CCC(OC)C2)cc1OC. The number of nitrogen functional groups attached to an aromatic ring is 1. The summed E-state index contributed by atoms with van der Waals surface area (Å²) in [5, 5.41) is 0. The predicted octanol–water partition coefficient (Wildman–Crippen LogP) is 1.15. The second kappa shape index (κ2) is 6.00. The van der Waals surface area contributed by atoms with Gasteiger partial charge in [0.05, 0.1) is 25.9 Å². The molecule has 1 aromatic carbocycles. The lowest BCUT2D eigenvalue weighted by atomic mass is 10.1. The first-order valence-electron chi connectivity index (χ1n) is 6.44. The molecule has 1 heterocycles. The summed E-state index contributed by atoms with van der Waals surface area (Å²) in [6.07, 6.45) is 0.940. The van der Waals surface area contributed by atoms with Crippen LogP contribution < -0.4 is 15.2 Å². The topological polar surface area (TPSA) is 74.0 Å². The van der Waals surface area contributed by atoms with E-state index in [2.05, 4.69) is 0 Å².